The summed E-state index contributed by atoms with van der Waals surface area (Å²) in [6, 6.07) is 19.6. The van der Waals surface area contributed by atoms with Crippen molar-refractivity contribution in [2.45, 2.75) is 32.6 Å². The van der Waals surface area contributed by atoms with Gasteiger partial charge in [0.05, 0.1) is 22.4 Å². The fraction of sp³-hybridized carbons (Fsp3) is 0.286. The molecule has 0 atom stereocenters. The largest absolute Gasteiger partial charge is 0.337 e. The van der Waals surface area contributed by atoms with E-state index in [9.17, 15) is 0 Å². The van der Waals surface area contributed by atoms with Gasteiger partial charge in [0.15, 0.2) is 0 Å². The first-order chi connectivity index (χ1) is 16.3. The molecule has 0 spiro atoms. The number of aryl methyl sites for hydroxylation is 6. The van der Waals surface area contributed by atoms with Gasteiger partial charge in [-0.05, 0) is 63.6 Å². The fourth-order valence-corrected chi connectivity index (χ4v) is 5.59. The molecule has 34 heavy (non-hydrogen) atoms. The Bertz CT molecular complexity index is 1420. The number of fused-ring (bicyclic) bond motifs is 2. The number of anilines is 2. The number of aromatic nitrogens is 4. The highest BCUT2D eigenvalue weighted by atomic mass is 32.2. The smallest absolute Gasteiger partial charge is 0.112 e. The molecule has 0 aliphatic heterocycles. The molecule has 0 saturated heterocycles. The van der Waals surface area contributed by atoms with Gasteiger partial charge in [-0.2, -0.15) is 0 Å². The van der Waals surface area contributed by atoms with Crippen LogP contribution in [0.5, 0.6) is 0 Å². The first-order valence-corrected chi connectivity index (χ1v) is 12.7. The third kappa shape index (κ3) is 3.86. The van der Waals surface area contributed by atoms with E-state index in [-0.39, 0.29) is 0 Å². The van der Waals surface area contributed by atoms with Crippen LogP contribution in [0.3, 0.4) is 0 Å². The number of thioether (sulfide) groups is 1. The Morgan fingerprint density at radius 1 is 0.765 bits per heavy atom. The number of para-hydroxylation sites is 2. The molecule has 5 aromatic rings. The predicted molar refractivity (Wildman–Crippen MR) is 145 cm³/mol. The van der Waals surface area contributed by atoms with Crippen LogP contribution in [0.4, 0.5) is 11.4 Å². The standard InChI is InChI=1S/C28H31N5S/c1-18-13-14-26(19(2)17-18)34-16-15-33(24-11-7-9-22-27(24)29-20(3)31(22)5)25-12-8-10-23-28(25)30-21(4)32(23)6/h7-14,17H,15-16H2,1-6H3. The molecule has 5 nitrogen and oxygen atoms in total. The Morgan fingerprint density at radius 3 is 1.85 bits per heavy atom. The van der Waals surface area contributed by atoms with Gasteiger partial charge in [-0.1, -0.05) is 29.8 Å². The van der Waals surface area contributed by atoms with Gasteiger partial charge < -0.3 is 14.0 Å². The van der Waals surface area contributed by atoms with Crippen LogP contribution < -0.4 is 4.90 Å². The average Bonchev–Trinajstić information content (AvgIpc) is 3.28. The number of nitrogens with zero attached hydrogens (tertiary/aromatic N) is 5. The summed E-state index contributed by atoms with van der Waals surface area (Å²) in [5.74, 6) is 2.98. The van der Waals surface area contributed by atoms with Crippen molar-refractivity contribution < 1.29 is 0 Å². The maximum atomic E-state index is 4.94. The molecule has 174 valence electrons. The van der Waals surface area contributed by atoms with Crippen molar-refractivity contribution in [3.63, 3.8) is 0 Å². The molecule has 0 N–H and O–H groups in total. The third-order valence-electron chi connectivity index (χ3n) is 6.71. The Labute approximate surface area is 205 Å². The van der Waals surface area contributed by atoms with Crippen LogP contribution in [0.1, 0.15) is 22.8 Å². The normalized spacial score (nSPS) is 11.6. The molecule has 3 aromatic carbocycles. The van der Waals surface area contributed by atoms with Gasteiger partial charge >= 0.3 is 0 Å². The highest BCUT2D eigenvalue weighted by molar-refractivity contribution is 7.99. The summed E-state index contributed by atoms with van der Waals surface area (Å²) in [4.78, 5) is 13.6. The van der Waals surface area contributed by atoms with Gasteiger partial charge in [0.25, 0.3) is 0 Å². The minimum Gasteiger partial charge on any atom is -0.337 e. The molecular formula is C28H31N5S. The van der Waals surface area contributed by atoms with E-state index in [0.717, 1.165) is 57.4 Å². The molecule has 0 fully saturated rings. The van der Waals surface area contributed by atoms with Gasteiger partial charge in [0.2, 0.25) is 0 Å². The van der Waals surface area contributed by atoms with Crippen molar-refractivity contribution in [1.82, 2.24) is 19.1 Å². The first kappa shape index (κ1) is 22.5. The zero-order valence-corrected chi connectivity index (χ0v) is 21.6. The molecule has 0 unspecified atom stereocenters. The van der Waals surface area contributed by atoms with E-state index in [1.165, 1.54) is 16.0 Å². The molecule has 6 heteroatoms. The number of imidazole rings is 2. The van der Waals surface area contributed by atoms with Gasteiger partial charge in [-0.3, -0.25) is 0 Å². The number of rotatable bonds is 6. The Balaban J connectivity index is 1.60. The number of benzene rings is 3. The van der Waals surface area contributed by atoms with Crippen molar-refractivity contribution in [1.29, 1.82) is 0 Å². The lowest BCUT2D eigenvalue weighted by Gasteiger charge is -2.26. The first-order valence-electron chi connectivity index (χ1n) is 11.7. The van der Waals surface area contributed by atoms with Crippen LogP contribution in [0.2, 0.25) is 0 Å². The second-order valence-corrected chi connectivity index (χ2v) is 10.1. The van der Waals surface area contributed by atoms with Crippen LogP contribution in [-0.4, -0.2) is 31.4 Å². The summed E-state index contributed by atoms with van der Waals surface area (Å²) < 4.78 is 4.32. The number of hydrogen-bond acceptors (Lipinski definition) is 4. The molecule has 0 aliphatic rings. The van der Waals surface area contributed by atoms with Crippen LogP contribution in [0.15, 0.2) is 59.5 Å². The Hall–Kier alpha value is -3.25. The number of hydrogen-bond donors (Lipinski definition) is 0. The van der Waals surface area contributed by atoms with Crippen molar-refractivity contribution in [2.24, 2.45) is 14.1 Å². The second-order valence-electron chi connectivity index (χ2n) is 8.99. The van der Waals surface area contributed by atoms with Crippen molar-refractivity contribution in [2.75, 3.05) is 17.2 Å². The lowest BCUT2D eigenvalue weighted by molar-refractivity contribution is 0.886. The highest BCUT2D eigenvalue weighted by Gasteiger charge is 2.20. The molecule has 0 radical (unpaired) electrons. The molecule has 0 saturated carbocycles. The van der Waals surface area contributed by atoms with Crippen molar-refractivity contribution in [3.05, 3.63) is 77.4 Å². The summed E-state index contributed by atoms with van der Waals surface area (Å²) in [6.07, 6.45) is 0. The minimum atomic E-state index is 0.849. The molecule has 0 amide bonds. The molecule has 2 aromatic heterocycles. The molecule has 0 bridgehead atoms. The minimum absolute atomic E-state index is 0.849. The summed E-state index contributed by atoms with van der Waals surface area (Å²) in [7, 11) is 4.16. The topological polar surface area (TPSA) is 38.9 Å². The second kappa shape index (κ2) is 8.84. The van der Waals surface area contributed by atoms with Crippen LogP contribution >= 0.6 is 11.8 Å². The predicted octanol–water partition coefficient (Wildman–Crippen LogP) is 6.62. The van der Waals surface area contributed by atoms with Crippen LogP contribution in [0, 0.1) is 27.7 Å². The summed E-state index contributed by atoms with van der Waals surface area (Å²) in [5, 5.41) is 0. The van der Waals surface area contributed by atoms with Crippen LogP contribution in [0.25, 0.3) is 22.1 Å². The summed E-state index contributed by atoms with van der Waals surface area (Å²) in [5.41, 5.74) is 9.24. The van der Waals surface area contributed by atoms with E-state index in [1.54, 1.807) is 0 Å². The van der Waals surface area contributed by atoms with E-state index in [0.29, 0.717) is 0 Å². The van der Waals surface area contributed by atoms with Crippen molar-refractivity contribution in [3.8, 4) is 0 Å². The lowest BCUT2D eigenvalue weighted by Crippen LogP contribution is -2.21. The molecule has 0 aliphatic carbocycles. The fourth-order valence-electron chi connectivity index (χ4n) is 4.65. The quantitative estimate of drug-likeness (QED) is 0.262. The van der Waals surface area contributed by atoms with E-state index < -0.39 is 0 Å². The summed E-state index contributed by atoms with van der Waals surface area (Å²) >= 11 is 1.91. The molecular weight excluding hydrogens is 438 g/mol. The summed E-state index contributed by atoms with van der Waals surface area (Å²) in [6.45, 7) is 9.32. The maximum absolute atomic E-state index is 4.94. The lowest BCUT2D eigenvalue weighted by atomic mass is 10.2. The van der Waals surface area contributed by atoms with Gasteiger partial charge in [-0.15, -0.1) is 11.8 Å². The highest BCUT2D eigenvalue weighted by Crippen LogP contribution is 2.36. The van der Waals surface area contributed by atoms with Gasteiger partial charge in [0.1, 0.15) is 22.7 Å². The molecule has 2 heterocycles. The zero-order chi connectivity index (χ0) is 24.0. The third-order valence-corrected chi connectivity index (χ3v) is 7.87. The van der Waals surface area contributed by atoms with Crippen LogP contribution in [-0.2, 0) is 14.1 Å². The van der Waals surface area contributed by atoms with E-state index in [2.05, 4.69) is 110 Å². The van der Waals surface area contributed by atoms with E-state index in [4.69, 9.17) is 9.97 Å². The Morgan fingerprint density at radius 2 is 1.32 bits per heavy atom. The molecule has 5 rings (SSSR count). The average molecular weight is 470 g/mol. The van der Waals surface area contributed by atoms with Gasteiger partial charge in [0, 0.05) is 31.3 Å². The Kier molecular flexibility index (Phi) is 5.86. The zero-order valence-electron chi connectivity index (χ0n) is 20.8. The van der Waals surface area contributed by atoms with Crippen molar-refractivity contribution >= 4 is 45.2 Å². The SMILES string of the molecule is Cc1ccc(SCCN(c2cccc3c2nc(C)n3C)c2cccc3c2nc(C)n3C)c(C)c1. The monoisotopic (exact) mass is 469 g/mol. The van der Waals surface area contributed by atoms with Gasteiger partial charge in [-0.25, -0.2) is 9.97 Å². The maximum Gasteiger partial charge on any atom is 0.112 e. The van der Waals surface area contributed by atoms with E-state index >= 15 is 0 Å². The van der Waals surface area contributed by atoms with E-state index in [1.807, 2.05) is 11.8 Å².